The van der Waals surface area contributed by atoms with Gasteiger partial charge in [0.05, 0.1) is 12.2 Å². The maximum atomic E-state index is 4.49. The fourth-order valence-electron chi connectivity index (χ4n) is 1.73. The summed E-state index contributed by atoms with van der Waals surface area (Å²) < 4.78 is 2.94. The Balaban J connectivity index is 2.16. The zero-order valence-electron chi connectivity index (χ0n) is 9.94. The van der Waals surface area contributed by atoms with Crippen LogP contribution in [0, 0.1) is 6.92 Å². The molecule has 2 aromatic heterocycles. The summed E-state index contributed by atoms with van der Waals surface area (Å²) in [4.78, 5) is 4.15. The van der Waals surface area contributed by atoms with Crippen LogP contribution < -0.4 is 5.32 Å². The van der Waals surface area contributed by atoms with E-state index in [4.69, 9.17) is 0 Å². The monoisotopic (exact) mass is 294 g/mol. The Hall–Kier alpha value is -1.20. The number of halogens is 1. The molecule has 0 bridgehead atoms. The Labute approximate surface area is 109 Å². The van der Waals surface area contributed by atoms with E-state index in [1.807, 2.05) is 24.9 Å². The molecule has 90 valence electrons. The van der Waals surface area contributed by atoms with Gasteiger partial charge in [-0.1, -0.05) is 0 Å². The molecule has 0 saturated heterocycles. The molecule has 0 aliphatic rings. The van der Waals surface area contributed by atoms with Crippen molar-refractivity contribution in [2.24, 2.45) is 0 Å². The Morgan fingerprint density at radius 3 is 2.94 bits per heavy atom. The fourth-order valence-corrected chi connectivity index (χ4v) is 2.15. The summed E-state index contributed by atoms with van der Waals surface area (Å²) in [5, 5.41) is 7.63. The van der Waals surface area contributed by atoms with E-state index in [2.05, 4.69) is 43.6 Å². The van der Waals surface area contributed by atoms with E-state index in [0.29, 0.717) is 0 Å². The highest BCUT2D eigenvalue weighted by Crippen LogP contribution is 2.12. The normalized spacial score (nSPS) is 10.8. The predicted octanol–water partition coefficient (Wildman–Crippen LogP) is 2.12. The molecule has 0 atom stereocenters. The van der Waals surface area contributed by atoms with Crippen LogP contribution >= 0.6 is 15.9 Å². The van der Waals surface area contributed by atoms with Crippen molar-refractivity contribution < 1.29 is 0 Å². The van der Waals surface area contributed by atoms with Gasteiger partial charge in [-0.15, -0.1) is 0 Å². The third-order valence-electron chi connectivity index (χ3n) is 2.52. The first-order valence-corrected chi connectivity index (χ1v) is 6.25. The van der Waals surface area contributed by atoms with Gasteiger partial charge in [-0.25, -0.2) is 0 Å². The van der Waals surface area contributed by atoms with Gasteiger partial charge in [0, 0.05) is 35.2 Å². The lowest BCUT2D eigenvalue weighted by atomic mass is 10.2. The van der Waals surface area contributed by atoms with Crippen LogP contribution in [-0.4, -0.2) is 21.8 Å². The average Bonchev–Trinajstić information content (AvgIpc) is 2.60. The molecule has 0 aliphatic heterocycles. The van der Waals surface area contributed by atoms with Crippen LogP contribution in [0.4, 0.5) is 0 Å². The number of hydrogen-bond donors (Lipinski definition) is 1. The second-order valence-electron chi connectivity index (χ2n) is 3.98. The minimum atomic E-state index is 0.747. The molecular weight excluding hydrogens is 280 g/mol. The van der Waals surface area contributed by atoms with Crippen molar-refractivity contribution in [3.63, 3.8) is 0 Å². The fraction of sp³-hybridized carbons (Fsp3) is 0.333. The van der Waals surface area contributed by atoms with Crippen molar-refractivity contribution in [1.29, 1.82) is 0 Å². The number of hydrogen-bond acceptors (Lipinski definition) is 3. The molecule has 0 radical (unpaired) electrons. The summed E-state index contributed by atoms with van der Waals surface area (Å²) in [7, 11) is 1.94. The van der Waals surface area contributed by atoms with Crippen molar-refractivity contribution in [2.45, 2.75) is 20.0 Å². The quantitative estimate of drug-likeness (QED) is 0.939. The summed E-state index contributed by atoms with van der Waals surface area (Å²) in [6.45, 7) is 3.63. The van der Waals surface area contributed by atoms with Gasteiger partial charge in [0.25, 0.3) is 0 Å². The van der Waals surface area contributed by atoms with Gasteiger partial charge in [-0.2, -0.15) is 5.10 Å². The van der Waals surface area contributed by atoms with E-state index in [9.17, 15) is 0 Å². The summed E-state index contributed by atoms with van der Waals surface area (Å²) in [5.74, 6) is 0. The molecule has 0 saturated carbocycles. The Morgan fingerprint density at radius 1 is 1.41 bits per heavy atom. The van der Waals surface area contributed by atoms with Gasteiger partial charge < -0.3 is 5.32 Å². The van der Waals surface area contributed by atoms with Gasteiger partial charge in [0.15, 0.2) is 0 Å². The molecule has 2 rings (SSSR count). The van der Waals surface area contributed by atoms with E-state index in [1.165, 1.54) is 5.56 Å². The summed E-state index contributed by atoms with van der Waals surface area (Å²) in [5.41, 5.74) is 3.44. The second kappa shape index (κ2) is 5.42. The van der Waals surface area contributed by atoms with E-state index in [-0.39, 0.29) is 0 Å². The van der Waals surface area contributed by atoms with Crippen LogP contribution in [0.15, 0.2) is 29.1 Å². The van der Waals surface area contributed by atoms with Gasteiger partial charge in [-0.3, -0.25) is 9.67 Å². The van der Waals surface area contributed by atoms with E-state index in [0.717, 1.165) is 28.8 Å². The van der Waals surface area contributed by atoms with Crippen LogP contribution in [0.2, 0.25) is 0 Å². The summed E-state index contributed by atoms with van der Waals surface area (Å²) >= 11 is 3.42. The van der Waals surface area contributed by atoms with Crippen molar-refractivity contribution in [1.82, 2.24) is 20.1 Å². The Kier molecular flexibility index (Phi) is 3.91. The first-order chi connectivity index (χ1) is 8.19. The number of pyridine rings is 1. The highest BCUT2D eigenvalue weighted by Gasteiger charge is 2.04. The Bertz CT molecular complexity index is 507. The first-order valence-electron chi connectivity index (χ1n) is 5.46. The lowest BCUT2D eigenvalue weighted by Gasteiger charge is -2.01. The number of rotatable bonds is 4. The minimum absolute atomic E-state index is 0.747. The number of nitrogens with zero attached hydrogens (tertiary/aromatic N) is 3. The van der Waals surface area contributed by atoms with Crippen molar-refractivity contribution in [3.8, 4) is 0 Å². The van der Waals surface area contributed by atoms with Crippen LogP contribution in [0.5, 0.6) is 0 Å². The highest BCUT2D eigenvalue weighted by atomic mass is 79.9. The zero-order valence-corrected chi connectivity index (χ0v) is 11.5. The van der Waals surface area contributed by atoms with Crippen LogP contribution in [-0.2, 0) is 13.1 Å². The highest BCUT2D eigenvalue weighted by molar-refractivity contribution is 9.10. The van der Waals surface area contributed by atoms with Gasteiger partial charge in [-0.05, 0) is 41.5 Å². The first kappa shape index (κ1) is 12.3. The third-order valence-corrected chi connectivity index (χ3v) is 2.96. The number of aryl methyl sites for hydroxylation is 1. The van der Waals surface area contributed by atoms with Gasteiger partial charge in [0.1, 0.15) is 0 Å². The van der Waals surface area contributed by atoms with Crippen molar-refractivity contribution >= 4 is 15.9 Å². The number of aromatic nitrogens is 3. The van der Waals surface area contributed by atoms with E-state index >= 15 is 0 Å². The number of nitrogens with one attached hydrogen (secondary N) is 1. The summed E-state index contributed by atoms with van der Waals surface area (Å²) in [6, 6.07) is 2.06. The van der Waals surface area contributed by atoms with Crippen LogP contribution in [0.25, 0.3) is 0 Å². The predicted molar refractivity (Wildman–Crippen MR) is 70.8 cm³/mol. The Morgan fingerprint density at radius 2 is 2.24 bits per heavy atom. The van der Waals surface area contributed by atoms with Gasteiger partial charge in [0.2, 0.25) is 0 Å². The molecule has 0 aliphatic carbocycles. The maximum Gasteiger partial charge on any atom is 0.0674 e. The molecule has 2 heterocycles. The molecule has 0 amide bonds. The van der Waals surface area contributed by atoms with E-state index in [1.54, 1.807) is 6.20 Å². The molecule has 17 heavy (non-hydrogen) atoms. The lowest BCUT2D eigenvalue weighted by molar-refractivity contribution is 0.676. The van der Waals surface area contributed by atoms with Crippen LogP contribution in [0.1, 0.15) is 16.8 Å². The van der Waals surface area contributed by atoms with Crippen molar-refractivity contribution in [2.75, 3.05) is 7.05 Å². The SMILES string of the molecule is CNCc1cn(Cc2cncc(Br)c2)nc1C. The summed E-state index contributed by atoms with van der Waals surface area (Å²) in [6.07, 6.45) is 5.72. The molecule has 0 aromatic carbocycles. The molecule has 2 aromatic rings. The van der Waals surface area contributed by atoms with Gasteiger partial charge >= 0.3 is 0 Å². The molecule has 0 unspecified atom stereocenters. The minimum Gasteiger partial charge on any atom is -0.316 e. The molecule has 5 heteroatoms. The smallest absolute Gasteiger partial charge is 0.0674 e. The molecular formula is C12H15BrN4. The van der Waals surface area contributed by atoms with Crippen molar-refractivity contribution in [3.05, 3.63) is 46.0 Å². The standard InChI is InChI=1S/C12H15BrN4/c1-9-11(5-14-2)8-17(16-9)7-10-3-12(13)6-15-4-10/h3-4,6,8,14H,5,7H2,1-2H3. The topological polar surface area (TPSA) is 42.7 Å². The maximum absolute atomic E-state index is 4.49. The average molecular weight is 295 g/mol. The van der Waals surface area contributed by atoms with Crippen LogP contribution in [0.3, 0.4) is 0 Å². The molecule has 0 fully saturated rings. The molecule has 1 N–H and O–H groups in total. The molecule has 0 spiro atoms. The lowest BCUT2D eigenvalue weighted by Crippen LogP contribution is -2.05. The molecule has 4 nitrogen and oxygen atoms in total. The van der Waals surface area contributed by atoms with E-state index < -0.39 is 0 Å². The zero-order chi connectivity index (χ0) is 12.3. The second-order valence-corrected chi connectivity index (χ2v) is 4.89. The third kappa shape index (κ3) is 3.14. The largest absolute Gasteiger partial charge is 0.316 e.